The van der Waals surface area contributed by atoms with Crippen LogP contribution in [0.5, 0.6) is 0 Å². The maximum Gasteiger partial charge on any atom is 0.243 e. The molecular formula is C17H26ClN3O3. The van der Waals surface area contributed by atoms with E-state index in [4.69, 9.17) is 10.9 Å². The Balaban J connectivity index is 0.00000288. The summed E-state index contributed by atoms with van der Waals surface area (Å²) in [7, 11) is 0. The maximum atomic E-state index is 11.9. The lowest BCUT2D eigenvalue weighted by atomic mass is 10.1. The summed E-state index contributed by atoms with van der Waals surface area (Å²) < 4.78 is 0. The van der Waals surface area contributed by atoms with Gasteiger partial charge in [-0.3, -0.25) is 14.8 Å². The standard InChI is InChI=1S/C17H25N3O3.ClH/c18-15-11-14(15)12-7-9-13(10-8-12)19-16(21)5-3-1-2-4-6-17(22)20-23;/h7-10,14-15,23H,1-6,11,18H2,(H,19,21)(H,20,22);1H/t14-,15+;/m0./s1. The van der Waals surface area contributed by atoms with E-state index in [1.807, 2.05) is 24.3 Å². The highest BCUT2D eigenvalue weighted by atomic mass is 35.5. The predicted molar refractivity (Wildman–Crippen MR) is 95.3 cm³/mol. The van der Waals surface area contributed by atoms with Crippen LogP contribution in [-0.4, -0.2) is 23.1 Å². The number of nitrogens with two attached hydrogens (primary N) is 1. The molecule has 0 bridgehead atoms. The van der Waals surface area contributed by atoms with E-state index in [0.717, 1.165) is 37.8 Å². The van der Waals surface area contributed by atoms with E-state index in [1.165, 1.54) is 5.56 Å². The number of benzene rings is 1. The fraction of sp³-hybridized carbons (Fsp3) is 0.529. The molecule has 134 valence electrons. The number of nitrogens with one attached hydrogen (secondary N) is 2. The first-order chi connectivity index (χ1) is 11.1. The van der Waals surface area contributed by atoms with Gasteiger partial charge in [0.05, 0.1) is 0 Å². The highest BCUT2D eigenvalue weighted by Crippen LogP contribution is 2.39. The predicted octanol–water partition coefficient (Wildman–Crippen LogP) is 2.71. The van der Waals surface area contributed by atoms with E-state index in [0.29, 0.717) is 24.8 Å². The lowest BCUT2D eigenvalue weighted by Crippen LogP contribution is -2.17. The van der Waals surface area contributed by atoms with Gasteiger partial charge in [-0.05, 0) is 37.0 Å². The fourth-order valence-corrected chi connectivity index (χ4v) is 2.62. The SMILES string of the molecule is Cl.N[C@@H]1C[C@H]1c1ccc(NC(=O)CCCCCCC(=O)NO)cc1. The van der Waals surface area contributed by atoms with Crippen LogP contribution in [0.3, 0.4) is 0 Å². The molecule has 0 radical (unpaired) electrons. The van der Waals surface area contributed by atoms with Crippen LogP contribution in [0.1, 0.15) is 56.4 Å². The zero-order valence-electron chi connectivity index (χ0n) is 13.7. The Bertz CT molecular complexity index is 536. The third kappa shape index (κ3) is 6.86. The van der Waals surface area contributed by atoms with Gasteiger partial charge in [-0.1, -0.05) is 25.0 Å². The molecule has 2 rings (SSSR count). The van der Waals surface area contributed by atoms with Crippen LogP contribution in [0, 0.1) is 0 Å². The largest absolute Gasteiger partial charge is 0.327 e. The average molecular weight is 356 g/mol. The van der Waals surface area contributed by atoms with E-state index in [1.54, 1.807) is 5.48 Å². The molecule has 1 aromatic rings. The number of hydrogen-bond donors (Lipinski definition) is 4. The normalized spacial score (nSPS) is 18.4. The van der Waals surface area contributed by atoms with Crippen molar-refractivity contribution < 1.29 is 14.8 Å². The number of rotatable bonds is 9. The number of unbranched alkanes of at least 4 members (excludes halogenated alkanes) is 3. The van der Waals surface area contributed by atoms with Crippen molar-refractivity contribution in [2.75, 3.05) is 5.32 Å². The second kappa shape index (κ2) is 10.3. The van der Waals surface area contributed by atoms with Crippen molar-refractivity contribution in [3.8, 4) is 0 Å². The molecule has 24 heavy (non-hydrogen) atoms. The molecule has 2 amide bonds. The lowest BCUT2D eigenvalue weighted by Gasteiger charge is -2.06. The minimum Gasteiger partial charge on any atom is -0.327 e. The summed E-state index contributed by atoms with van der Waals surface area (Å²) in [6, 6.07) is 8.19. The van der Waals surface area contributed by atoms with Crippen molar-refractivity contribution in [1.29, 1.82) is 0 Å². The van der Waals surface area contributed by atoms with Crippen LogP contribution in [0.15, 0.2) is 24.3 Å². The number of carbonyl (C=O) groups is 2. The Labute approximate surface area is 148 Å². The van der Waals surface area contributed by atoms with Gasteiger partial charge in [0.2, 0.25) is 11.8 Å². The topological polar surface area (TPSA) is 104 Å². The van der Waals surface area contributed by atoms with Crippen molar-refractivity contribution in [1.82, 2.24) is 5.48 Å². The number of carbonyl (C=O) groups excluding carboxylic acids is 2. The summed E-state index contributed by atoms with van der Waals surface area (Å²) >= 11 is 0. The van der Waals surface area contributed by atoms with Crippen molar-refractivity contribution >= 4 is 29.9 Å². The van der Waals surface area contributed by atoms with Crippen LogP contribution in [0.4, 0.5) is 5.69 Å². The number of hydrogen-bond acceptors (Lipinski definition) is 4. The van der Waals surface area contributed by atoms with Crippen molar-refractivity contribution in [3.05, 3.63) is 29.8 Å². The third-order valence-electron chi connectivity index (χ3n) is 4.14. The van der Waals surface area contributed by atoms with Gasteiger partial charge in [0.15, 0.2) is 0 Å². The smallest absolute Gasteiger partial charge is 0.243 e. The molecule has 2 atom stereocenters. The number of anilines is 1. The molecule has 1 fully saturated rings. The number of halogens is 1. The Hall–Kier alpha value is -1.63. The Kier molecular flexibility index (Phi) is 8.74. The zero-order chi connectivity index (χ0) is 16.7. The van der Waals surface area contributed by atoms with E-state index in [-0.39, 0.29) is 24.2 Å². The summed E-state index contributed by atoms with van der Waals surface area (Å²) in [6.45, 7) is 0. The molecule has 1 aliphatic rings. The first-order valence-electron chi connectivity index (χ1n) is 8.18. The van der Waals surface area contributed by atoms with E-state index in [2.05, 4.69) is 5.32 Å². The molecule has 7 heteroatoms. The second-order valence-corrected chi connectivity index (χ2v) is 6.13. The fourth-order valence-electron chi connectivity index (χ4n) is 2.62. The molecule has 6 nitrogen and oxygen atoms in total. The van der Waals surface area contributed by atoms with Crippen LogP contribution >= 0.6 is 12.4 Å². The summed E-state index contributed by atoms with van der Waals surface area (Å²) in [5.74, 6) is 0.125. The highest BCUT2D eigenvalue weighted by molar-refractivity contribution is 5.90. The Morgan fingerprint density at radius 2 is 1.58 bits per heavy atom. The molecule has 0 aromatic heterocycles. The minimum atomic E-state index is -0.363. The Morgan fingerprint density at radius 3 is 2.08 bits per heavy atom. The van der Waals surface area contributed by atoms with E-state index >= 15 is 0 Å². The number of amides is 2. The van der Waals surface area contributed by atoms with Gasteiger partial charge in [0, 0.05) is 30.5 Å². The Morgan fingerprint density at radius 1 is 1.04 bits per heavy atom. The molecule has 5 N–H and O–H groups in total. The molecule has 0 heterocycles. The van der Waals surface area contributed by atoms with Gasteiger partial charge in [-0.15, -0.1) is 12.4 Å². The molecule has 1 aliphatic carbocycles. The summed E-state index contributed by atoms with van der Waals surface area (Å²) in [5, 5.41) is 11.2. The van der Waals surface area contributed by atoms with Crippen molar-refractivity contribution in [2.45, 2.75) is 56.9 Å². The maximum absolute atomic E-state index is 11.9. The summed E-state index contributed by atoms with van der Waals surface area (Å²) in [6.07, 6.45) is 5.12. The molecular weight excluding hydrogens is 330 g/mol. The van der Waals surface area contributed by atoms with Gasteiger partial charge in [-0.2, -0.15) is 0 Å². The molecule has 0 spiro atoms. The van der Waals surface area contributed by atoms with Crippen LogP contribution in [0.2, 0.25) is 0 Å². The van der Waals surface area contributed by atoms with Crippen LogP contribution in [-0.2, 0) is 9.59 Å². The molecule has 0 aliphatic heterocycles. The molecule has 1 aromatic carbocycles. The second-order valence-electron chi connectivity index (χ2n) is 6.13. The van der Waals surface area contributed by atoms with Gasteiger partial charge >= 0.3 is 0 Å². The summed E-state index contributed by atoms with van der Waals surface area (Å²) in [5.41, 5.74) is 9.49. The van der Waals surface area contributed by atoms with E-state index in [9.17, 15) is 9.59 Å². The lowest BCUT2D eigenvalue weighted by molar-refractivity contribution is -0.129. The van der Waals surface area contributed by atoms with Crippen LogP contribution < -0.4 is 16.5 Å². The van der Waals surface area contributed by atoms with Gasteiger partial charge in [0.1, 0.15) is 0 Å². The van der Waals surface area contributed by atoms with Gasteiger partial charge in [-0.25, -0.2) is 5.48 Å². The quantitative estimate of drug-likeness (QED) is 0.310. The first kappa shape index (κ1) is 20.4. The minimum absolute atomic E-state index is 0. The monoisotopic (exact) mass is 355 g/mol. The summed E-state index contributed by atoms with van der Waals surface area (Å²) in [4.78, 5) is 22.7. The van der Waals surface area contributed by atoms with Gasteiger partial charge < -0.3 is 11.1 Å². The van der Waals surface area contributed by atoms with Crippen molar-refractivity contribution in [3.63, 3.8) is 0 Å². The van der Waals surface area contributed by atoms with Gasteiger partial charge in [0.25, 0.3) is 0 Å². The third-order valence-corrected chi connectivity index (χ3v) is 4.14. The molecule has 1 saturated carbocycles. The zero-order valence-corrected chi connectivity index (χ0v) is 14.5. The molecule has 0 saturated heterocycles. The van der Waals surface area contributed by atoms with E-state index < -0.39 is 0 Å². The van der Waals surface area contributed by atoms with Crippen molar-refractivity contribution in [2.24, 2.45) is 5.73 Å². The number of hydroxylamine groups is 1. The molecule has 0 unspecified atom stereocenters. The van der Waals surface area contributed by atoms with Crippen LogP contribution in [0.25, 0.3) is 0 Å². The first-order valence-corrected chi connectivity index (χ1v) is 8.18. The highest BCUT2D eigenvalue weighted by Gasteiger charge is 2.34. The average Bonchev–Trinajstić information content (AvgIpc) is 3.28.